The quantitative estimate of drug-likeness (QED) is 0.163. The van der Waals surface area contributed by atoms with Gasteiger partial charge in [-0.1, -0.05) is 83.0 Å². The zero-order valence-electron chi connectivity index (χ0n) is 23.0. The lowest BCUT2D eigenvalue weighted by Gasteiger charge is -2.40. The van der Waals surface area contributed by atoms with Crippen LogP contribution in [0, 0.1) is 6.92 Å². The minimum absolute atomic E-state index is 0.101. The second-order valence-electron chi connectivity index (χ2n) is 10.1. The van der Waals surface area contributed by atoms with Gasteiger partial charge in [0.05, 0.1) is 10.0 Å². The highest BCUT2D eigenvalue weighted by molar-refractivity contribution is 7.99. The van der Waals surface area contributed by atoms with Gasteiger partial charge in [0.1, 0.15) is 0 Å². The van der Waals surface area contributed by atoms with Crippen LogP contribution in [0.4, 0.5) is 0 Å². The van der Waals surface area contributed by atoms with Crippen LogP contribution >= 0.6 is 35.0 Å². The molecular formula is C31H31Cl2N5O2S. The first-order valence-corrected chi connectivity index (χ1v) is 15.3. The van der Waals surface area contributed by atoms with Crippen molar-refractivity contribution in [2.45, 2.75) is 37.9 Å². The van der Waals surface area contributed by atoms with E-state index in [0.717, 1.165) is 28.0 Å². The number of halogens is 2. The van der Waals surface area contributed by atoms with Gasteiger partial charge in [-0.3, -0.25) is 14.2 Å². The molecule has 1 fully saturated rings. The van der Waals surface area contributed by atoms with Gasteiger partial charge in [-0.15, -0.1) is 10.2 Å². The zero-order chi connectivity index (χ0) is 28.9. The average molecular weight is 609 g/mol. The molecule has 212 valence electrons. The first-order valence-electron chi connectivity index (χ1n) is 13.6. The zero-order valence-corrected chi connectivity index (χ0v) is 25.3. The van der Waals surface area contributed by atoms with Crippen LogP contribution in [0.2, 0.25) is 10.0 Å². The number of aryl methyl sites for hydroxylation is 1. The summed E-state index contributed by atoms with van der Waals surface area (Å²) in [6.45, 7) is 5.51. The summed E-state index contributed by atoms with van der Waals surface area (Å²) in [7, 11) is 0. The monoisotopic (exact) mass is 607 g/mol. The molecular weight excluding hydrogens is 577 g/mol. The van der Waals surface area contributed by atoms with E-state index in [0.29, 0.717) is 48.1 Å². The van der Waals surface area contributed by atoms with Crippen molar-refractivity contribution in [3.8, 4) is 17.1 Å². The van der Waals surface area contributed by atoms with Crippen LogP contribution in [0.3, 0.4) is 0 Å². The van der Waals surface area contributed by atoms with Gasteiger partial charge in [-0.05, 0) is 50.6 Å². The van der Waals surface area contributed by atoms with Gasteiger partial charge in [0.15, 0.2) is 11.0 Å². The summed E-state index contributed by atoms with van der Waals surface area (Å²) in [5.74, 6) is 1.52. The second kappa shape index (κ2) is 13.1. The van der Waals surface area contributed by atoms with Crippen LogP contribution in [0.5, 0.6) is 0 Å². The molecule has 0 bridgehead atoms. The summed E-state index contributed by atoms with van der Waals surface area (Å²) in [6, 6.07) is 23.1. The van der Waals surface area contributed by atoms with Crippen molar-refractivity contribution in [2.24, 2.45) is 0 Å². The number of carbonyl (C=O) groups is 2. The molecule has 0 spiro atoms. The van der Waals surface area contributed by atoms with Crippen molar-refractivity contribution < 1.29 is 9.59 Å². The molecule has 0 aliphatic carbocycles. The van der Waals surface area contributed by atoms with Crippen LogP contribution in [0.15, 0.2) is 78.0 Å². The maximum atomic E-state index is 13.0. The fourth-order valence-electron chi connectivity index (χ4n) is 4.89. The Bertz CT molecular complexity index is 1530. The van der Waals surface area contributed by atoms with Crippen molar-refractivity contribution in [1.29, 1.82) is 0 Å². The number of hydrogen-bond donors (Lipinski definition) is 0. The Labute approximate surface area is 254 Å². The van der Waals surface area contributed by atoms with Gasteiger partial charge in [0, 0.05) is 54.7 Å². The summed E-state index contributed by atoms with van der Waals surface area (Å²) in [6.07, 6.45) is 1.15. The van der Waals surface area contributed by atoms with E-state index in [4.69, 9.17) is 23.2 Å². The second-order valence-corrected chi connectivity index (χ2v) is 12.0. The van der Waals surface area contributed by atoms with Crippen molar-refractivity contribution in [3.63, 3.8) is 0 Å². The summed E-state index contributed by atoms with van der Waals surface area (Å²) in [4.78, 5) is 29.7. The van der Waals surface area contributed by atoms with E-state index in [2.05, 4.69) is 46.0 Å². The van der Waals surface area contributed by atoms with Gasteiger partial charge >= 0.3 is 0 Å². The number of hydrogen-bond acceptors (Lipinski definition) is 5. The van der Waals surface area contributed by atoms with E-state index in [9.17, 15) is 9.59 Å². The molecule has 10 heteroatoms. The Morgan fingerprint density at radius 3 is 2.41 bits per heavy atom. The maximum Gasteiger partial charge on any atom is 0.254 e. The summed E-state index contributed by atoms with van der Waals surface area (Å²) >= 11 is 13.7. The van der Waals surface area contributed by atoms with Gasteiger partial charge in [-0.2, -0.15) is 0 Å². The van der Waals surface area contributed by atoms with Crippen LogP contribution in [0.25, 0.3) is 17.1 Å². The third-order valence-corrected chi connectivity index (χ3v) is 8.89. The molecule has 2 heterocycles. The highest BCUT2D eigenvalue weighted by Gasteiger charge is 2.30. The van der Waals surface area contributed by atoms with Crippen LogP contribution in [-0.4, -0.2) is 67.8 Å². The SMILES string of the molecule is Cc1ccc(-n2c(SCCCC(=O)N3CCN(C(=O)c4ccc(Cl)c(Cl)c4)C(C)C3)nnc2-c2ccccc2)cc1. The predicted molar refractivity (Wildman–Crippen MR) is 165 cm³/mol. The Kier molecular flexibility index (Phi) is 9.32. The molecule has 0 saturated carbocycles. The van der Waals surface area contributed by atoms with Gasteiger partial charge in [-0.25, -0.2) is 0 Å². The minimum atomic E-state index is -0.105. The number of benzene rings is 3. The normalized spacial score (nSPS) is 15.3. The maximum absolute atomic E-state index is 13.0. The number of rotatable bonds is 8. The molecule has 3 aromatic carbocycles. The van der Waals surface area contributed by atoms with Gasteiger partial charge in [0.2, 0.25) is 5.91 Å². The van der Waals surface area contributed by atoms with E-state index in [1.165, 1.54) is 5.56 Å². The molecule has 1 saturated heterocycles. The van der Waals surface area contributed by atoms with Crippen molar-refractivity contribution in [2.75, 3.05) is 25.4 Å². The fourth-order valence-corrected chi connectivity index (χ4v) is 6.08. The van der Waals surface area contributed by atoms with Crippen LogP contribution in [0.1, 0.15) is 35.7 Å². The summed E-state index contributed by atoms with van der Waals surface area (Å²) < 4.78 is 2.08. The van der Waals surface area contributed by atoms with Gasteiger partial charge < -0.3 is 9.80 Å². The molecule has 1 aliphatic heterocycles. The predicted octanol–water partition coefficient (Wildman–Crippen LogP) is 6.79. The van der Waals surface area contributed by atoms with E-state index in [-0.39, 0.29) is 17.9 Å². The minimum Gasteiger partial charge on any atom is -0.339 e. The third kappa shape index (κ3) is 6.77. The standard InChI is InChI=1S/C31H31Cl2N5O2S/c1-21-10-13-25(14-11-21)38-29(23-7-4-3-5-8-23)34-35-31(38)41-18-6-9-28(39)36-16-17-37(22(2)20-36)30(40)24-12-15-26(32)27(33)19-24/h3-5,7-8,10-15,19,22H,6,9,16-18,20H2,1-2H3. The molecule has 0 radical (unpaired) electrons. The lowest BCUT2D eigenvalue weighted by atomic mass is 10.1. The molecule has 41 heavy (non-hydrogen) atoms. The lowest BCUT2D eigenvalue weighted by molar-refractivity contribution is -0.133. The largest absolute Gasteiger partial charge is 0.339 e. The lowest BCUT2D eigenvalue weighted by Crippen LogP contribution is -2.55. The Morgan fingerprint density at radius 1 is 0.951 bits per heavy atom. The molecule has 0 N–H and O–H groups in total. The topological polar surface area (TPSA) is 71.3 Å². The highest BCUT2D eigenvalue weighted by Crippen LogP contribution is 2.29. The third-order valence-electron chi connectivity index (χ3n) is 7.13. The van der Waals surface area contributed by atoms with Crippen molar-refractivity contribution in [3.05, 3.63) is 94.0 Å². The molecule has 1 aliphatic rings. The van der Waals surface area contributed by atoms with Crippen LogP contribution < -0.4 is 0 Å². The molecule has 7 nitrogen and oxygen atoms in total. The Balaban J connectivity index is 1.17. The average Bonchev–Trinajstić information content (AvgIpc) is 3.41. The van der Waals surface area contributed by atoms with Crippen molar-refractivity contribution >= 4 is 46.8 Å². The molecule has 5 rings (SSSR count). The number of amides is 2. The van der Waals surface area contributed by atoms with E-state index in [1.807, 2.05) is 42.2 Å². The fraction of sp³-hybridized carbons (Fsp3) is 0.290. The van der Waals surface area contributed by atoms with Gasteiger partial charge in [0.25, 0.3) is 5.91 Å². The molecule has 1 aromatic heterocycles. The van der Waals surface area contributed by atoms with Crippen LogP contribution in [-0.2, 0) is 4.79 Å². The Hall–Kier alpha value is -3.33. The summed E-state index contributed by atoms with van der Waals surface area (Å²) in [5.41, 5.74) is 3.68. The van der Waals surface area contributed by atoms with Crippen molar-refractivity contribution in [1.82, 2.24) is 24.6 Å². The first kappa shape index (κ1) is 29.2. The number of nitrogens with zero attached hydrogens (tertiary/aromatic N) is 5. The molecule has 4 aromatic rings. The number of carbonyl (C=O) groups excluding carboxylic acids is 2. The molecule has 1 atom stereocenters. The highest BCUT2D eigenvalue weighted by atomic mass is 35.5. The molecule has 2 amide bonds. The first-order chi connectivity index (χ1) is 19.8. The number of aromatic nitrogens is 3. The smallest absolute Gasteiger partial charge is 0.254 e. The van der Waals surface area contributed by atoms with E-state index in [1.54, 1.807) is 34.9 Å². The van der Waals surface area contributed by atoms with E-state index >= 15 is 0 Å². The molecule has 1 unspecified atom stereocenters. The van der Waals surface area contributed by atoms with E-state index < -0.39 is 0 Å². The summed E-state index contributed by atoms with van der Waals surface area (Å²) in [5, 5.41) is 10.6. The number of thioether (sulfide) groups is 1. The Morgan fingerprint density at radius 2 is 1.71 bits per heavy atom. The number of piperazine rings is 1.